The second kappa shape index (κ2) is 7.53. The first-order chi connectivity index (χ1) is 8.36. The van der Waals surface area contributed by atoms with E-state index >= 15 is 0 Å². The van der Waals surface area contributed by atoms with Gasteiger partial charge in [-0.1, -0.05) is 24.0 Å². The molecule has 0 radical (unpaired) electrons. The summed E-state index contributed by atoms with van der Waals surface area (Å²) in [5.74, 6) is 1.06. The first kappa shape index (κ1) is 13.5. The van der Waals surface area contributed by atoms with Gasteiger partial charge in [0, 0.05) is 45.0 Å². The Morgan fingerprint density at radius 3 is 2.82 bits per heavy atom. The van der Waals surface area contributed by atoms with Crippen LogP contribution in [0.4, 0.5) is 0 Å². The number of ether oxygens (including phenoxy) is 1. The molecule has 1 atom stereocenters. The fourth-order valence-electron chi connectivity index (χ4n) is 2.02. The van der Waals surface area contributed by atoms with E-state index in [9.17, 15) is 0 Å². The summed E-state index contributed by atoms with van der Waals surface area (Å²) in [6.45, 7) is 7.02. The van der Waals surface area contributed by atoms with Gasteiger partial charge in [-0.05, 0) is 6.42 Å². The Labute approximate surface area is 113 Å². The SMILES string of the molecule is S=C(SCCC1CNCCO1)N1CCNCC1. The highest BCUT2D eigenvalue weighted by molar-refractivity contribution is 8.22. The molecule has 2 aliphatic rings. The maximum absolute atomic E-state index is 5.66. The van der Waals surface area contributed by atoms with Gasteiger partial charge in [0.05, 0.1) is 12.7 Å². The molecule has 2 aliphatic heterocycles. The van der Waals surface area contributed by atoms with E-state index in [0.29, 0.717) is 6.10 Å². The van der Waals surface area contributed by atoms with Gasteiger partial charge >= 0.3 is 0 Å². The first-order valence-electron chi connectivity index (χ1n) is 6.31. The Balaban J connectivity index is 1.58. The van der Waals surface area contributed by atoms with Crippen LogP contribution >= 0.6 is 24.0 Å². The Morgan fingerprint density at radius 2 is 2.12 bits per heavy atom. The molecule has 0 aromatic rings. The highest BCUT2D eigenvalue weighted by atomic mass is 32.2. The van der Waals surface area contributed by atoms with E-state index in [2.05, 4.69) is 15.5 Å². The van der Waals surface area contributed by atoms with Crippen molar-refractivity contribution in [2.24, 2.45) is 0 Å². The van der Waals surface area contributed by atoms with Crippen LogP contribution in [0.2, 0.25) is 0 Å². The summed E-state index contributed by atoms with van der Waals surface area (Å²) >= 11 is 7.24. The van der Waals surface area contributed by atoms with Crippen molar-refractivity contribution in [1.82, 2.24) is 15.5 Å². The Hall–Kier alpha value is 0.120. The topological polar surface area (TPSA) is 36.5 Å². The minimum atomic E-state index is 0.377. The molecule has 17 heavy (non-hydrogen) atoms. The average Bonchev–Trinajstić information content (AvgIpc) is 2.41. The molecule has 0 aliphatic carbocycles. The molecule has 0 bridgehead atoms. The van der Waals surface area contributed by atoms with Gasteiger partial charge in [-0.25, -0.2) is 0 Å². The standard InChI is InChI=1S/C11H21N3OS2/c16-11(14-5-2-12-3-6-14)17-8-1-10-9-13-4-7-15-10/h10,12-13H,1-9H2. The molecule has 4 nitrogen and oxygen atoms in total. The molecule has 2 heterocycles. The third-order valence-corrected chi connectivity index (χ3v) is 4.60. The largest absolute Gasteiger partial charge is 0.376 e. The summed E-state index contributed by atoms with van der Waals surface area (Å²) in [4.78, 5) is 2.30. The van der Waals surface area contributed by atoms with Gasteiger partial charge in [0.2, 0.25) is 0 Å². The number of morpholine rings is 1. The second-order valence-electron chi connectivity index (χ2n) is 4.34. The monoisotopic (exact) mass is 275 g/mol. The summed E-state index contributed by atoms with van der Waals surface area (Å²) in [5, 5.41) is 6.69. The van der Waals surface area contributed by atoms with Crippen molar-refractivity contribution in [3.8, 4) is 0 Å². The van der Waals surface area contributed by atoms with Crippen LogP contribution in [-0.2, 0) is 4.74 Å². The smallest absolute Gasteiger partial charge is 0.136 e. The van der Waals surface area contributed by atoms with Crippen molar-refractivity contribution in [2.45, 2.75) is 12.5 Å². The van der Waals surface area contributed by atoms with Crippen molar-refractivity contribution in [3.63, 3.8) is 0 Å². The maximum atomic E-state index is 5.66. The molecule has 2 fully saturated rings. The molecule has 0 amide bonds. The fraction of sp³-hybridized carbons (Fsp3) is 0.909. The zero-order valence-electron chi connectivity index (χ0n) is 10.1. The third-order valence-electron chi connectivity index (χ3n) is 3.04. The number of hydrogen-bond acceptors (Lipinski definition) is 5. The van der Waals surface area contributed by atoms with Gasteiger partial charge in [-0.2, -0.15) is 0 Å². The summed E-state index contributed by atoms with van der Waals surface area (Å²) < 4.78 is 6.71. The summed E-state index contributed by atoms with van der Waals surface area (Å²) in [6.07, 6.45) is 1.46. The summed E-state index contributed by atoms with van der Waals surface area (Å²) in [6, 6.07) is 0. The summed E-state index contributed by atoms with van der Waals surface area (Å²) in [7, 11) is 0. The van der Waals surface area contributed by atoms with E-state index in [1.165, 1.54) is 0 Å². The molecule has 0 aromatic carbocycles. The highest BCUT2D eigenvalue weighted by Gasteiger charge is 2.16. The van der Waals surface area contributed by atoms with Gasteiger partial charge in [-0.3, -0.25) is 0 Å². The van der Waals surface area contributed by atoms with Gasteiger partial charge < -0.3 is 20.3 Å². The van der Waals surface area contributed by atoms with Gasteiger partial charge in [0.25, 0.3) is 0 Å². The number of rotatable bonds is 3. The molecule has 98 valence electrons. The Bertz CT molecular complexity index is 241. The van der Waals surface area contributed by atoms with E-state index in [4.69, 9.17) is 17.0 Å². The first-order valence-corrected chi connectivity index (χ1v) is 7.70. The summed E-state index contributed by atoms with van der Waals surface area (Å²) in [5.41, 5.74) is 0. The van der Waals surface area contributed by atoms with Gasteiger partial charge in [0.1, 0.15) is 4.32 Å². The third kappa shape index (κ3) is 4.71. The number of nitrogens with zero attached hydrogens (tertiary/aromatic N) is 1. The molecule has 2 rings (SSSR count). The normalized spacial score (nSPS) is 25.9. The van der Waals surface area contributed by atoms with Crippen molar-refractivity contribution >= 4 is 28.3 Å². The molecule has 2 saturated heterocycles. The number of hydrogen-bond donors (Lipinski definition) is 2. The quantitative estimate of drug-likeness (QED) is 0.721. The van der Waals surface area contributed by atoms with E-state index < -0.39 is 0 Å². The number of piperazine rings is 1. The lowest BCUT2D eigenvalue weighted by Crippen LogP contribution is -2.45. The minimum absolute atomic E-state index is 0.377. The number of thiocarbonyl (C=S) groups is 1. The predicted octanol–water partition coefficient (Wildman–Crippen LogP) is 0.288. The zero-order chi connectivity index (χ0) is 11.9. The van der Waals surface area contributed by atoms with Gasteiger partial charge in [0.15, 0.2) is 0 Å². The lowest BCUT2D eigenvalue weighted by Gasteiger charge is -2.29. The predicted molar refractivity (Wildman–Crippen MR) is 76.7 cm³/mol. The highest BCUT2D eigenvalue weighted by Crippen LogP contribution is 2.14. The van der Waals surface area contributed by atoms with E-state index in [-0.39, 0.29) is 0 Å². The van der Waals surface area contributed by atoms with Crippen LogP contribution in [0.1, 0.15) is 6.42 Å². The lowest BCUT2D eigenvalue weighted by atomic mass is 10.2. The molecule has 2 N–H and O–H groups in total. The van der Waals surface area contributed by atoms with Crippen LogP contribution in [0.5, 0.6) is 0 Å². The lowest BCUT2D eigenvalue weighted by molar-refractivity contribution is 0.0274. The van der Waals surface area contributed by atoms with E-state index in [1.54, 1.807) is 11.8 Å². The van der Waals surface area contributed by atoms with Crippen LogP contribution in [0, 0.1) is 0 Å². The molecule has 6 heteroatoms. The maximum Gasteiger partial charge on any atom is 0.136 e. The van der Waals surface area contributed by atoms with Gasteiger partial charge in [-0.15, -0.1) is 0 Å². The average molecular weight is 275 g/mol. The van der Waals surface area contributed by atoms with Crippen molar-refractivity contribution in [1.29, 1.82) is 0 Å². The van der Waals surface area contributed by atoms with Crippen LogP contribution in [0.15, 0.2) is 0 Å². The molecule has 0 aromatic heterocycles. The van der Waals surface area contributed by atoms with E-state index in [1.807, 2.05) is 0 Å². The Morgan fingerprint density at radius 1 is 1.29 bits per heavy atom. The Kier molecular flexibility index (Phi) is 6.00. The fourth-order valence-corrected chi connectivity index (χ4v) is 3.37. The molecular formula is C11H21N3OS2. The van der Waals surface area contributed by atoms with E-state index in [0.717, 1.165) is 62.4 Å². The minimum Gasteiger partial charge on any atom is -0.376 e. The number of nitrogens with one attached hydrogen (secondary N) is 2. The van der Waals surface area contributed by atoms with Crippen LogP contribution in [0.3, 0.4) is 0 Å². The van der Waals surface area contributed by atoms with Crippen LogP contribution in [0.25, 0.3) is 0 Å². The molecule has 0 saturated carbocycles. The molecular weight excluding hydrogens is 254 g/mol. The number of thioether (sulfide) groups is 1. The molecule has 1 unspecified atom stereocenters. The second-order valence-corrected chi connectivity index (χ2v) is 6.07. The molecule has 0 spiro atoms. The van der Waals surface area contributed by atoms with Crippen LogP contribution < -0.4 is 10.6 Å². The van der Waals surface area contributed by atoms with Crippen molar-refractivity contribution in [2.75, 3.05) is 51.6 Å². The van der Waals surface area contributed by atoms with Crippen molar-refractivity contribution in [3.05, 3.63) is 0 Å². The van der Waals surface area contributed by atoms with Crippen LogP contribution in [-0.4, -0.2) is 67.0 Å². The zero-order valence-corrected chi connectivity index (χ0v) is 11.7. The van der Waals surface area contributed by atoms with Crippen molar-refractivity contribution < 1.29 is 4.74 Å².